The Morgan fingerprint density at radius 1 is 1.42 bits per heavy atom. The molecule has 0 fully saturated rings. The average Bonchev–Trinajstić information content (AvgIpc) is 2.70. The van der Waals surface area contributed by atoms with Gasteiger partial charge in [0.25, 0.3) is 10.0 Å². The number of sulfonamides is 1. The monoisotopic (exact) mass is 281 g/mol. The number of halogens is 1. The van der Waals surface area contributed by atoms with Crippen molar-refractivity contribution in [1.29, 1.82) is 5.26 Å². The van der Waals surface area contributed by atoms with Gasteiger partial charge in [-0.3, -0.25) is 14.4 Å². The minimum Gasteiger partial charge on any atom is -0.262 e. The van der Waals surface area contributed by atoms with Crippen molar-refractivity contribution in [2.24, 2.45) is 7.05 Å². The highest BCUT2D eigenvalue weighted by Gasteiger charge is 2.19. The number of nitriles is 1. The molecule has 0 saturated heterocycles. The zero-order valence-electron chi connectivity index (χ0n) is 9.70. The predicted molar refractivity (Wildman–Crippen MR) is 62.9 cm³/mol. The van der Waals surface area contributed by atoms with Crippen molar-refractivity contribution in [2.45, 2.75) is 4.90 Å². The van der Waals surface area contributed by atoms with Crippen LogP contribution in [0.1, 0.15) is 5.56 Å². The third kappa shape index (κ3) is 2.53. The molecular weight excluding hydrogens is 273 g/mol. The summed E-state index contributed by atoms with van der Waals surface area (Å²) < 4.78 is 40.4. The average molecular weight is 281 g/mol. The summed E-state index contributed by atoms with van der Waals surface area (Å²) >= 11 is 0. The highest BCUT2D eigenvalue weighted by molar-refractivity contribution is 7.92. The van der Waals surface area contributed by atoms with E-state index in [4.69, 9.17) is 5.26 Å². The Labute approximate surface area is 108 Å². The first-order valence-electron chi connectivity index (χ1n) is 4.99. The van der Waals surface area contributed by atoms with Crippen LogP contribution in [0.5, 0.6) is 0 Å². The molecule has 19 heavy (non-hydrogen) atoms. The van der Waals surface area contributed by atoms with E-state index in [0.717, 1.165) is 18.5 Å². The molecule has 0 aliphatic carbocycles. The molecule has 2 aromatic heterocycles. The van der Waals surface area contributed by atoms with E-state index in [1.165, 1.54) is 17.9 Å². The van der Waals surface area contributed by atoms with Crippen LogP contribution < -0.4 is 4.72 Å². The Morgan fingerprint density at radius 3 is 2.79 bits per heavy atom. The van der Waals surface area contributed by atoms with E-state index in [-0.39, 0.29) is 16.3 Å². The Kier molecular flexibility index (Phi) is 3.18. The van der Waals surface area contributed by atoms with Gasteiger partial charge in [0.1, 0.15) is 22.3 Å². The number of nitrogens with one attached hydrogen (secondary N) is 1. The van der Waals surface area contributed by atoms with Crippen molar-refractivity contribution in [2.75, 3.05) is 4.72 Å². The molecular formula is C10H8FN5O2S. The Balaban J connectivity index is 2.43. The van der Waals surface area contributed by atoms with Gasteiger partial charge >= 0.3 is 0 Å². The van der Waals surface area contributed by atoms with Crippen molar-refractivity contribution in [1.82, 2.24) is 14.8 Å². The van der Waals surface area contributed by atoms with Gasteiger partial charge < -0.3 is 0 Å². The molecule has 2 aromatic rings. The fourth-order valence-electron chi connectivity index (χ4n) is 1.37. The lowest BCUT2D eigenvalue weighted by atomic mass is 10.4. The summed E-state index contributed by atoms with van der Waals surface area (Å²) in [7, 11) is -2.55. The van der Waals surface area contributed by atoms with Crippen LogP contribution in [0.2, 0.25) is 0 Å². The third-order valence-corrected chi connectivity index (χ3v) is 3.59. The molecule has 0 spiro atoms. The van der Waals surface area contributed by atoms with Gasteiger partial charge in [-0.2, -0.15) is 10.4 Å². The van der Waals surface area contributed by atoms with Crippen molar-refractivity contribution < 1.29 is 12.8 Å². The normalized spacial score (nSPS) is 11.0. The number of anilines is 1. The topological polar surface area (TPSA) is 101 Å². The van der Waals surface area contributed by atoms with E-state index in [0.29, 0.717) is 0 Å². The molecule has 0 atom stereocenters. The fourth-order valence-corrected chi connectivity index (χ4v) is 2.45. The van der Waals surface area contributed by atoms with Crippen LogP contribution >= 0.6 is 0 Å². The van der Waals surface area contributed by atoms with Crippen LogP contribution in [0.3, 0.4) is 0 Å². The van der Waals surface area contributed by atoms with Crippen LogP contribution in [-0.2, 0) is 17.1 Å². The van der Waals surface area contributed by atoms with Crippen LogP contribution in [0.15, 0.2) is 29.6 Å². The smallest absolute Gasteiger partial charge is 0.262 e. The van der Waals surface area contributed by atoms with Gasteiger partial charge in [-0.25, -0.2) is 12.8 Å². The molecule has 1 N–H and O–H groups in total. The molecule has 0 unspecified atom stereocenters. The summed E-state index contributed by atoms with van der Waals surface area (Å²) in [6, 6.07) is 2.63. The van der Waals surface area contributed by atoms with Gasteiger partial charge in [0.05, 0.1) is 12.4 Å². The highest BCUT2D eigenvalue weighted by atomic mass is 32.2. The fraction of sp³-hybridized carbons (Fsp3) is 0.100. The van der Waals surface area contributed by atoms with E-state index in [9.17, 15) is 12.8 Å². The molecule has 98 valence electrons. The van der Waals surface area contributed by atoms with Crippen molar-refractivity contribution in [3.05, 3.63) is 36.0 Å². The summed E-state index contributed by atoms with van der Waals surface area (Å²) in [5.74, 6) is -0.764. The Morgan fingerprint density at radius 2 is 2.16 bits per heavy atom. The minimum absolute atomic E-state index is 0.00626. The minimum atomic E-state index is -4.03. The summed E-state index contributed by atoms with van der Waals surface area (Å²) in [5.41, 5.74) is 0.0652. The molecule has 7 nitrogen and oxygen atoms in total. The lowest BCUT2D eigenvalue weighted by Gasteiger charge is -2.08. The van der Waals surface area contributed by atoms with Crippen LogP contribution in [-0.4, -0.2) is 23.2 Å². The van der Waals surface area contributed by atoms with E-state index in [2.05, 4.69) is 14.8 Å². The van der Waals surface area contributed by atoms with Gasteiger partial charge in [0, 0.05) is 13.2 Å². The highest BCUT2D eigenvalue weighted by Crippen LogP contribution is 2.18. The maximum atomic E-state index is 13.0. The second-order valence-electron chi connectivity index (χ2n) is 3.59. The lowest BCUT2D eigenvalue weighted by Crippen LogP contribution is -2.16. The number of hydrogen-bond acceptors (Lipinski definition) is 5. The Hall–Kier alpha value is -2.47. The molecule has 0 radical (unpaired) electrons. The number of pyridine rings is 1. The second kappa shape index (κ2) is 4.66. The summed E-state index contributed by atoms with van der Waals surface area (Å²) in [6.45, 7) is 0. The molecule has 0 amide bonds. The van der Waals surface area contributed by atoms with Crippen LogP contribution in [0.4, 0.5) is 10.2 Å². The lowest BCUT2D eigenvalue weighted by molar-refractivity contribution is 0.591. The van der Waals surface area contributed by atoms with E-state index in [1.54, 1.807) is 6.07 Å². The van der Waals surface area contributed by atoms with Crippen molar-refractivity contribution in [3.63, 3.8) is 0 Å². The number of aromatic nitrogens is 3. The summed E-state index contributed by atoms with van der Waals surface area (Å²) in [5, 5.41) is 12.6. The van der Waals surface area contributed by atoms with Gasteiger partial charge in [0.2, 0.25) is 0 Å². The number of nitrogens with zero attached hydrogens (tertiary/aromatic N) is 4. The standard InChI is InChI=1S/C10H8FN5O2S/c1-16-10(7(3-12)4-14-16)15-19(17,18)9-2-8(11)5-13-6-9/h2,4-6,15H,1H3. The van der Waals surface area contributed by atoms with Gasteiger partial charge in [-0.05, 0) is 6.07 Å². The molecule has 2 rings (SSSR count). The zero-order chi connectivity index (χ0) is 14.0. The van der Waals surface area contributed by atoms with Crippen LogP contribution in [0, 0.1) is 17.1 Å². The van der Waals surface area contributed by atoms with Gasteiger partial charge in [-0.1, -0.05) is 0 Å². The first-order valence-corrected chi connectivity index (χ1v) is 6.48. The summed E-state index contributed by atoms with van der Waals surface area (Å²) in [4.78, 5) is 3.13. The molecule has 0 bridgehead atoms. The van der Waals surface area contributed by atoms with E-state index in [1.807, 2.05) is 0 Å². The second-order valence-corrected chi connectivity index (χ2v) is 5.27. The van der Waals surface area contributed by atoms with Gasteiger partial charge in [0.15, 0.2) is 5.82 Å². The van der Waals surface area contributed by atoms with E-state index >= 15 is 0 Å². The maximum Gasteiger partial charge on any atom is 0.264 e. The van der Waals surface area contributed by atoms with Gasteiger partial charge in [-0.15, -0.1) is 0 Å². The molecule has 0 aliphatic heterocycles. The number of rotatable bonds is 3. The molecule has 9 heteroatoms. The SMILES string of the molecule is Cn1ncc(C#N)c1NS(=O)(=O)c1cncc(F)c1. The maximum absolute atomic E-state index is 13.0. The van der Waals surface area contributed by atoms with Crippen molar-refractivity contribution in [3.8, 4) is 6.07 Å². The van der Waals surface area contributed by atoms with Crippen LogP contribution in [0.25, 0.3) is 0 Å². The predicted octanol–water partition coefficient (Wildman–Crippen LogP) is 0.627. The quantitative estimate of drug-likeness (QED) is 0.889. The largest absolute Gasteiger partial charge is 0.264 e. The number of aryl methyl sites for hydroxylation is 1. The first-order chi connectivity index (χ1) is 8.94. The number of hydrogen-bond donors (Lipinski definition) is 1. The Bertz CT molecular complexity index is 762. The molecule has 0 aliphatic rings. The zero-order valence-corrected chi connectivity index (χ0v) is 10.5. The van der Waals surface area contributed by atoms with E-state index < -0.39 is 15.8 Å². The van der Waals surface area contributed by atoms with Crippen molar-refractivity contribution >= 4 is 15.8 Å². The first kappa shape index (κ1) is 13.0. The summed E-state index contributed by atoms with van der Waals surface area (Å²) in [6.07, 6.45) is 3.12. The molecule has 0 aromatic carbocycles. The molecule has 0 saturated carbocycles. The third-order valence-electron chi connectivity index (χ3n) is 2.28. The molecule has 2 heterocycles.